The van der Waals surface area contributed by atoms with Crippen LogP contribution in [0.3, 0.4) is 0 Å². The lowest BCUT2D eigenvalue weighted by Crippen LogP contribution is -1.72. The molecule has 0 radical (unpaired) electrons. The largest absolute Gasteiger partial charge is 0.262 e. The number of hydrogen-bond donors (Lipinski definition) is 0. The zero-order valence-electron chi connectivity index (χ0n) is 5.62. The monoisotopic (exact) mass is 184 g/mol. The summed E-state index contributed by atoms with van der Waals surface area (Å²) in [6, 6.07) is 1.95. The van der Waals surface area contributed by atoms with E-state index in [1.54, 1.807) is 23.7 Å². The molecule has 2 rings (SSSR count). The van der Waals surface area contributed by atoms with Gasteiger partial charge in [-0.05, 0) is 6.07 Å². The molecule has 0 unspecified atom stereocenters. The van der Waals surface area contributed by atoms with Crippen molar-refractivity contribution < 1.29 is 0 Å². The van der Waals surface area contributed by atoms with Crippen LogP contribution >= 0.6 is 22.9 Å². The number of fused-ring (bicyclic) bond motifs is 1. The van der Waals surface area contributed by atoms with E-state index in [9.17, 15) is 0 Å². The molecule has 0 fully saturated rings. The van der Waals surface area contributed by atoms with Crippen LogP contribution < -0.4 is 0 Å². The van der Waals surface area contributed by atoms with Gasteiger partial charge in [-0.1, -0.05) is 0 Å². The Kier molecular flexibility index (Phi) is 1.75. The first-order chi connectivity index (χ1) is 5.40. The fourth-order valence-corrected chi connectivity index (χ4v) is 1.89. The predicted molar refractivity (Wildman–Crippen MR) is 47.0 cm³/mol. The molecule has 11 heavy (non-hydrogen) atoms. The third-order valence-electron chi connectivity index (χ3n) is 1.35. The van der Waals surface area contributed by atoms with Crippen molar-refractivity contribution >= 4 is 33.2 Å². The van der Waals surface area contributed by atoms with Crippen molar-refractivity contribution in [2.45, 2.75) is 5.88 Å². The van der Waals surface area contributed by atoms with Crippen molar-refractivity contribution in [2.24, 2.45) is 0 Å². The van der Waals surface area contributed by atoms with Gasteiger partial charge in [0, 0.05) is 6.20 Å². The van der Waals surface area contributed by atoms with E-state index in [-0.39, 0.29) is 0 Å². The Balaban J connectivity index is 2.69. The number of thiazole rings is 1. The van der Waals surface area contributed by atoms with Crippen LogP contribution in [-0.2, 0) is 5.88 Å². The van der Waals surface area contributed by atoms with Crippen molar-refractivity contribution in [1.82, 2.24) is 9.97 Å². The Bertz CT molecular complexity index is 338. The van der Waals surface area contributed by atoms with Crippen LogP contribution in [0.15, 0.2) is 18.5 Å². The van der Waals surface area contributed by atoms with Crippen LogP contribution in [0.5, 0.6) is 0 Å². The molecule has 0 N–H and O–H groups in total. The van der Waals surface area contributed by atoms with Crippen LogP contribution in [0.25, 0.3) is 10.2 Å². The number of alkyl halides is 1. The van der Waals surface area contributed by atoms with Gasteiger partial charge in [-0.25, -0.2) is 4.98 Å². The second kappa shape index (κ2) is 2.75. The lowest BCUT2D eigenvalue weighted by molar-refractivity contribution is 1.27. The van der Waals surface area contributed by atoms with E-state index >= 15 is 0 Å². The van der Waals surface area contributed by atoms with E-state index in [0.717, 1.165) is 15.2 Å². The number of rotatable bonds is 1. The maximum absolute atomic E-state index is 5.63. The van der Waals surface area contributed by atoms with Gasteiger partial charge in [0.1, 0.15) is 5.01 Å². The predicted octanol–water partition coefficient (Wildman–Crippen LogP) is 2.43. The summed E-state index contributed by atoms with van der Waals surface area (Å²) < 4.78 is 1.15. The molecule has 0 aromatic carbocycles. The zero-order chi connectivity index (χ0) is 7.68. The molecule has 0 saturated carbocycles. The molecule has 2 nitrogen and oxygen atoms in total. The first kappa shape index (κ1) is 7.00. The molecular formula is C7H5ClN2S. The van der Waals surface area contributed by atoms with Gasteiger partial charge in [-0.2, -0.15) is 0 Å². The SMILES string of the molecule is ClCc1nc2cnccc2s1. The van der Waals surface area contributed by atoms with Crippen molar-refractivity contribution in [2.75, 3.05) is 0 Å². The molecule has 4 heteroatoms. The molecule has 2 aromatic rings. The number of nitrogens with zero attached hydrogens (tertiary/aromatic N) is 2. The quantitative estimate of drug-likeness (QED) is 0.637. The molecule has 0 bridgehead atoms. The standard InChI is InChI=1S/C7H5ClN2S/c8-3-7-10-5-4-9-2-1-6(5)11-7/h1-2,4H,3H2. The van der Waals surface area contributed by atoms with Gasteiger partial charge in [0.05, 0.1) is 22.3 Å². The van der Waals surface area contributed by atoms with Gasteiger partial charge in [-0.15, -0.1) is 22.9 Å². The molecule has 2 aromatic heterocycles. The summed E-state index contributed by atoms with van der Waals surface area (Å²) >= 11 is 7.24. The summed E-state index contributed by atoms with van der Waals surface area (Å²) in [4.78, 5) is 8.22. The second-order valence-electron chi connectivity index (χ2n) is 2.08. The van der Waals surface area contributed by atoms with E-state index < -0.39 is 0 Å². The van der Waals surface area contributed by atoms with Gasteiger partial charge < -0.3 is 0 Å². The van der Waals surface area contributed by atoms with Crippen molar-refractivity contribution in [3.63, 3.8) is 0 Å². The van der Waals surface area contributed by atoms with Gasteiger partial charge >= 0.3 is 0 Å². The van der Waals surface area contributed by atoms with Gasteiger partial charge in [0.15, 0.2) is 0 Å². The minimum atomic E-state index is 0.485. The minimum Gasteiger partial charge on any atom is -0.262 e. The van der Waals surface area contributed by atoms with Crippen molar-refractivity contribution in [3.05, 3.63) is 23.5 Å². The fraction of sp³-hybridized carbons (Fsp3) is 0.143. The zero-order valence-corrected chi connectivity index (χ0v) is 7.19. The summed E-state index contributed by atoms with van der Waals surface area (Å²) in [5.74, 6) is 0.485. The average molecular weight is 185 g/mol. The molecule has 56 valence electrons. The fourth-order valence-electron chi connectivity index (χ4n) is 0.885. The van der Waals surface area contributed by atoms with Crippen LogP contribution in [0.1, 0.15) is 5.01 Å². The maximum atomic E-state index is 5.63. The van der Waals surface area contributed by atoms with Crippen LogP contribution in [-0.4, -0.2) is 9.97 Å². The normalized spacial score (nSPS) is 10.6. The van der Waals surface area contributed by atoms with Gasteiger partial charge in [-0.3, -0.25) is 4.98 Å². The van der Waals surface area contributed by atoms with Crippen LogP contribution in [0.2, 0.25) is 0 Å². The summed E-state index contributed by atoms with van der Waals surface area (Å²) in [5, 5.41) is 0.953. The summed E-state index contributed by atoms with van der Waals surface area (Å²) in [6.07, 6.45) is 3.51. The smallest absolute Gasteiger partial charge is 0.109 e. The van der Waals surface area contributed by atoms with E-state index in [4.69, 9.17) is 11.6 Å². The van der Waals surface area contributed by atoms with E-state index in [1.165, 1.54) is 0 Å². The molecule has 0 amide bonds. The van der Waals surface area contributed by atoms with E-state index in [2.05, 4.69) is 9.97 Å². The minimum absolute atomic E-state index is 0.485. The maximum Gasteiger partial charge on any atom is 0.109 e. The Hall–Kier alpha value is -0.670. The lowest BCUT2D eigenvalue weighted by Gasteiger charge is -1.80. The molecule has 0 spiro atoms. The summed E-state index contributed by atoms with van der Waals surface area (Å²) in [5.41, 5.74) is 0.938. The van der Waals surface area contributed by atoms with Crippen LogP contribution in [0.4, 0.5) is 0 Å². The highest BCUT2D eigenvalue weighted by atomic mass is 35.5. The third kappa shape index (κ3) is 1.21. The summed E-state index contributed by atoms with van der Waals surface area (Å²) in [7, 11) is 0. The Morgan fingerprint density at radius 3 is 3.18 bits per heavy atom. The molecule has 0 aliphatic rings. The molecule has 0 aliphatic heterocycles. The van der Waals surface area contributed by atoms with Gasteiger partial charge in [0.2, 0.25) is 0 Å². The van der Waals surface area contributed by atoms with E-state index in [1.807, 2.05) is 6.07 Å². The molecule has 0 atom stereocenters. The average Bonchev–Trinajstić information content (AvgIpc) is 2.46. The number of halogens is 1. The molecule has 2 heterocycles. The first-order valence-corrected chi connectivity index (χ1v) is 4.50. The molecule has 0 aliphatic carbocycles. The number of aromatic nitrogens is 2. The van der Waals surface area contributed by atoms with Crippen LogP contribution in [0, 0.1) is 0 Å². The lowest BCUT2D eigenvalue weighted by atomic mass is 10.5. The Morgan fingerprint density at radius 2 is 2.45 bits per heavy atom. The van der Waals surface area contributed by atoms with Crippen molar-refractivity contribution in [3.8, 4) is 0 Å². The van der Waals surface area contributed by atoms with Gasteiger partial charge in [0.25, 0.3) is 0 Å². The topological polar surface area (TPSA) is 25.8 Å². The Morgan fingerprint density at radius 1 is 1.55 bits per heavy atom. The highest BCUT2D eigenvalue weighted by Gasteiger charge is 2.00. The summed E-state index contributed by atoms with van der Waals surface area (Å²) in [6.45, 7) is 0. The number of hydrogen-bond acceptors (Lipinski definition) is 3. The first-order valence-electron chi connectivity index (χ1n) is 3.15. The third-order valence-corrected chi connectivity index (χ3v) is 2.80. The molecular weight excluding hydrogens is 180 g/mol. The Labute approximate surface area is 72.9 Å². The second-order valence-corrected chi connectivity index (χ2v) is 3.47. The molecule has 0 saturated heterocycles. The van der Waals surface area contributed by atoms with E-state index in [0.29, 0.717) is 5.88 Å². The highest BCUT2D eigenvalue weighted by Crippen LogP contribution is 2.21. The van der Waals surface area contributed by atoms with Crippen molar-refractivity contribution in [1.29, 1.82) is 0 Å². The highest BCUT2D eigenvalue weighted by molar-refractivity contribution is 7.18. The number of pyridine rings is 1.